The van der Waals surface area contributed by atoms with Crippen molar-refractivity contribution in [2.75, 3.05) is 26.2 Å². The molecule has 0 amide bonds. The summed E-state index contributed by atoms with van der Waals surface area (Å²) in [5.41, 5.74) is 1.33. The van der Waals surface area contributed by atoms with E-state index in [0.29, 0.717) is 0 Å². The number of rotatable bonds is 7. The van der Waals surface area contributed by atoms with Crippen molar-refractivity contribution in [2.45, 2.75) is 13.3 Å². The maximum Gasteiger partial charge on any atom is 0.0406 e. The van der Waals surface area contributed by atoms with Gasteiger partial charge in [0.05, 0.1) is 0 Å². The maximum absolute atomic E-state index is 5.81. The van der Waals surface area contributed by atoms with Gasteiger partial charge in [-0.05, 0) is 37.2 Å². The molecule has 0 aliphatic heterocycles. The Morgan fingerprint density at radius 2 is 1.67 bits per heavy atom. The van der Waals surface area contributed by atoms with Crippen LogP contribution in [-0.4, -0.2) is 26.2 Å². The van der Waals surface area contributed by atoms with Gasteiger partial charge in [0.25, 0.3) is 0 Å². The summed E-state index contributed by atoms with van der Waals surface area (Å²) in [5, 5.41) is 7.47. The van der Waals surface area contributed by atoms with E-state index in [1.54, 1.807) is 0 Å². The molecule has 1 aromatic rings. The molecule has 1 rings (SSSR count). The summed E-state index contributed by atoms with van der Waals surface area (Å²) in [6, 6.07) is 8.04. The van der Waals surface area contributed by atoms with Crippen LogP contribution in [0.2, 0.25) is 5.02 Å². The minimum atomic E-state index is 0.804. The molecule has 0 bridgehead atoms. The minimum Gasteiger partial charge on any atom is -0.316 e. The van der Waals surface area contributed by atoms with Crippen LogP contribution in [-0.2, 0) is 6.42 Å². The average Bonchev–Trinajstić information content (AvgIpc) is 2.26. The topological polar surface area (TPSA) is 24.1 Å². The SMILES string of the molecule is CCNCCNCCc1ccc(Cl)cc1. The van der Waals surface area contributed by atoms with Crippen LogP contribution in [0, 0.1) is 0 Å². The van der Waals surface area contributed by atoms with Crippen LogP contribution in [0.15, 0.2) is 24.3 Å². The van der Waals surface area contributed by atoms with Crippen LogP contribution >= 0.6 is 11.6 Å². The van der Waals surface area contributed by atoms with Crippen molar-refractivity contribution in [3.05, 3.63) is 34.9 Å². The van der Waals surface area contributed by atoms with E-state index >= 15 is 0 Å². The molecule has 15 heavy (non-hydrogen) atoms. The molecule has 3 heteroatoms. The fourth-order valence-corrected chi connectivity index (χ4v) is 1.49. The summed E-state index contributed by atoms with van der Waals surface area (Å²) < 4.78 is 0. The summed E-state index contributed by atoms with van der Waals surface area (Å²) in [4.78, 5) is 0. The van der Waals surface area contributed by atoms with Gasteiger partial charge in [-0.2, -0.15) is 0 Å². The van der Waals surface area contributed by atoms with Crippen molar-refractivity contribution in [1.82, 2.24) is 10.6 Å². The molecule has 0 atom stereocenters. The normalized spacial score (nSPS) is 10.5. The standard InChI is InChI=1S/C12H19ClN2/c1-2-14-9-10-15-8-7-11-3-5-12(13)6-4-11/h3-6,14-15H,2,7-10H2,1H3. The number of halogens is 1. The zero-order chi connectivity index (χ0) is 10.9. The van der Waals surface area contributed by atoms with E-state index < -0.39 is 0 Å². The molecule has 0 radical (unpaired) electrons. The van der Waals surface area contributed by atoms with Gasteiger partial charge in [-0.25, -0.2) is 0 Å². The molecule has 0 aliphatic rings. The van der Waals surface area contributed by atoms with Crippen LogP contribution in [0.3, 0.4) is 0 Å². The lowest BCUT2D eigenvalue weighted by Gasteiger charge is -2.05. The predicted molar refractivity (Wildman–Crippen MR) is 66.6 cm³/mol. The van der Waals surface area contributed by atoms with E-state index in [-0.39, 0.29) is 0 Å². The molecule has 0 spiro atoms. The van der Waals surface area contributed by atoms with E-state index in [0.717, 1.165) is 37.6 Å². The molecular weight excluding hydrogens is 208 g/mol. The number of hydrogen-bond donors (Lipinski definition) is 2. The Morgan fingerprint density at radius 3 is 2.33 bits per heavy atom. The van der Waals surface area contributed by atoms with Gasteiger partial charge in [0.1, 0.15) is 0 Å². The van der Waals surface area contributed by atoms with E-state index in [9.17, 15) is 0 Å². The monoisotopic (exact) mass is 226 g/mol. The number of likely N-dealkylation sites (N-methyl/N-ethyl adjacent to an activating group) is 1. The summed E-state index contributed by atoms with van der Waals surface area (Å²) in [7, 11) is 0. The van der Waals surface area contributed by atoms with Gasteiger partial charge in [-0.3, -0.25) is 0 Å². The summed E-state index contributed by atoms with van der Waals surface area (Å²) in [5.74, 6) is 0. The average molecular weight is 227 g/mol. The maximum atomic E-state index is 5.81. The van der Waals surface area contributed by atoms with Crippen molar-refractivity contribution in [3.63, 3.8) is 0 Å². The first kappa shape index (κ1) is 12.5. The molecule has 0 aliphatic carbocycles. The number of benzene rings is 1. The second-order valence-electron chi connectivity index (χ2n) is 3.48. The largest absolute Gasteiger partial charge is 0.316 e. The first-order chi connectivity index (χ1) is 7.33. The first-order valence-corrected chi connectivity index (χ1v) is 5.86. The molecule has 0 fully saturated rings. The molecule has 2 N–H and O–H groups in total. The number of hydrogen-bond acceptors (Lipinski definition) is 2. The third kappa shape index (κ3) is 5.78. The number of nitrogens with one attached hydrogen (secondary N) is 2. The quantitative estimate of drug-likeness (QED) is 0.696. The molecule has 0 heterocycles. The molecule has 1 aromatic carbocycles. The third-order valence-electron chi connectivity index (χ3n) is 2.23. The fraction of sp³-hybridized carbons (Fsp3) is 0.500. The van der Waals surface area contributed by atoms with Gasteiger partial charge in [0, 0.05) is 18.1 Å². The van der Waals surface area contributed by atoms with Gasteiger partial charge in [-0.15, -0.1) is 0 Å². The first-order valence-electron chi connectivity index (χ1n) is 5.49. The van der Waals surface area contributed by atoms with Gasteiger partial charge >= 0.3 is 0 Å². The van der Waals surface area contributed by atoms with Crippen LogP contribution in [0.4, 0.5) is 0 Å². The Hall–Kier alpha value is -0.570. The van der Waals surface area contributed by atoms with Crippen LogP contribution in [0.25, 0.3) is 0 Å². The Morgan fingerprint density at radius 1 is 1.00 bits per heavy atom. The fourth-order valence-electron chi connectivity index (χ4n) is 1.36. The lowest BCUT2D eigenvalue weighted by Crippen LogP contribution is -2.28. The minimum absolute atomic E-state index is 0.804. The van der Waals surface area contributed by atoms with E-state index in [1.807, 2.05) is 12.1 Å². The van der Waals surface area contributed by atoms with Crippen molar-refractivity contribution in [3.8, 4) is 0 Å². The highest BCUT2D eigenvalue weighted by molar-refractivity contribution is 6.30. The van der Waals surface area contributed by atoms with Crippen molar-refractivity contribution < 1.29 is 0 Å². The molecule has 84 valence electrons. The molecule has 0 aromatic heterocycles. The smallest absolute Gasteiger partial charge is 0.0406 e. The second kappa shape index (κ2) is 7.69. The third-order valence-corrected chi connectivity index (χ3v) is 2.48. The Labute approximate surface area is 97.0 Å². The summed E-state index contributed by atoms with van der Waals surface area (Å²) in [6.07, 6.45) is 1.06. The van der Waals surface area contributed by atoms with Gasteiger partial charge in [-0.1, -0.05) is 30.7 Å². The lowest BCUT2D eigenvalue weighted by molar-refractivity contribution is 0.624. The van der Waals surface area contributed by atoms with Crippen LogP contribution in [0.1, 0.15) is 12.5 Å². The molecule has 0 saturated heterocycles. The van der Waals surface area contributed by atoms with Crippen molar-refractivity contribution >= 4 is 11.6 Å². The predicted octanol–water partition coefficient (Wildman–Crippen LogP) is 2.08. The summed E-state index contributed by atoms with van der Waals surface area (Å²) in [6.45, 7) is 6.25. The van der Waals surface area contributed by atoms with Gasteiger partial charge < -0.3 is 10.6 Å². The van der Waals surface area contributed by atoms with E-state index in [1.165, 1.54) is 5.56 Å². The highest BCUT2D eigenvalue weighted by Gasteiger charge is 1.92. The van der Waals surface area contributed by atoms with Crippen LogP contribution < -0.4 is 10.6 Å². The zero-order valence-corrected chi connectivity index (χ0v) is 9.98. The Balaban J connectivity index is 2.07. The molecular formula is C12H19ClN2. The van der Waals surface area contributed by atoms with Gasteiger partial charge in [0.15, 0.2) is 0 Å². The second-order valence-corrected chi connectivity index (χ2v) is 3.92. The van der Waals surface area contributed by atoms with Crippen LogP contribution in [0.5, 0.6) is 0 Å². The van der Waals surface area contributed by atoms with E-state index in [2.05, 4.69) is 29.7 Å². The lowest BCUT2D eigenvalue weighted by atomic mass is 10.1. The Kier molecular flexibility index (Phi) is 6.41. The highest BCUT2D eigenvalue weighted by Crippen LogP contribution is 2.09. The molecule has 0 saturated carbocycles. The zero-order valence-electron chi connectivity index (χ0n) is 9.22. The van der Waals surface area contributed by atoms with Gasteiger partial charge in [0.2, 0.25) is 0 Å². The summed E-state index contributed by atoms with van der Waals surface area (Å²) >= 11 is 5.81. The van der Waals surface area contributed by atoms with Crippen molar-refractivity contribution in [1.29, 1.82) is 0 Å². The molecule has 2 nitrogen and oxygen atoms in total. The van der Waals surface area contributed by atoms with E-state index in [4.69, 9.17) is 11.6 Å². The van der Waals surface area contributed by atoms with Crippen molar-refractivity contribution in [2.24, 2.45) is 0 Å². The highest BCUT2D eigenvalue weighted by atomic mass is 35.5. The Bertz CT molecular complexity index is 259. The molecule has 0 unspecified atom stereocenters.